The fourth-order valence-corrected chi connectivity index (χ4v) is 1.57. The number of carbonyl (C=O) groups excluding carboxylic acids is 1. The number of aliphatic hydroxyl groups excluding tert-OH is 4. The van der Waals surface area contributed by atoms with Crippen LogP contribution in [0.2, 0.25) is 0 Å². The second-order valence-electron chi connectivity index (χ2n) is 3.56. The highest BCUT2D eigenvalue weighted by molar-refractivity contribution is 5.77. The number of carboxylic acids is 1. The van der Waals surface area contributed by atoms with Crippen LogP contribution in [0, 0.1) is 0 Å². The lowest BCUT2D eigenvalue weighted by atomic mass is 9.74. The number of rotatable bonds is 1. The summed E-state index contributed by atoms with van der Waals surface area (Å²) in [7, 11) is 0. The van der Waals surface area contributed by atoms with Crippen LogP contribution in [0.5, 0.6) is 0 Å². The summed E-state index contributed by atoms with van der Waals surface area (Å²) in [5.74, 6) is -2.18. The van der Waals surface area contributed by atoms with Crippen LogP contribution >= 0.6 is 0 Å². The second-order valence-corrected chi connectivity index (χ2v) is 3.56. The van der Waals surface area contributed by atoms with Crippen molar-refractivity contribution < 1.29 is 35.4 Å². The molecule has 0 heterocycles. The van der Waals surface area contributed by atoms with Gasteiger partial charge < -0.3 is 41.2 Å². The van der Waals surface area contributed by atoms with E-state index in [1.807, 2.05) is 0 Å². The lowest BCUT2D eigenvalue weighted by Gasteiger charge is -2.48. The zero-order valence-corrected chi connectivity index (χ0v) is 7.52. The Morgan fingerprint density at radius 2 is 1.60 bits per heavy atom. The number of carbonyl (C=O) groups is 1. The number of carboxylic acid groups (broad SMARTS) is 1. The molecule has 8 nitrogen and oxygen atoms in total. The van der Waals surface area contributed by atoms with Crippen LogP contribution in [-0.4, -0.2) is 67.6 Å². The number of aliphatic hydroxyl groups is 5. The fraction of sp³-hybridized carbons (Fsp3) is 0.857. The molecule has 1 aliphatic carbocycles. The zero-order valence-electron chi connectivity index (χ0n) is 7.52. The summed E-state index contributed by atoms with van der Waals surface area (Å²) in [6.45, 7) is 0. The molecule has 0 spiro atoms. The van der Waals surface area contributed by atoms with Crippen molar-refractivity contribution in [3.8, 4) is 0 Å². The van der Waals surface area contributed by atoms with Crippen LogP contribution in [0.25, 0.3) is 0 Å². The molecule has 1 rings (SSSR count). The number of hydrogen-bond donors (Lipinski definition) is 6. The highest BCUT2D eigenvalue weighted by atomic mass is 16.5. The maximum atomic E-state index is 10.6. The van der Waals surface area contributed by atoms with Gasteiger partial charge in [-0.3, -0.25) is 0 Å². The van der Waals surface area contributed by atoms with E-state index >= 15 is 0 Å². The highest BCUT2D eigenvalue weighted by Crippen LogP contribution is 2.28. The molecular formula is C7H12NO7-. The minimum absolute atomic E-state index is 1.61. The maximum Gasteiger partial charge on any atom is 0.159 e. The summed E-state index contributed by atoms with van der Waals surface area (Å²) in [5.41, 5.74) is 2.07. The Bertz CT molecular complexity index is 254. The molecule has 0 bridgehead atoms. The molecule has 6 atom stereocenters. The molecule has 15 heavy (non-hydrogen) atoms. The molecule has 7 N–H and O–H groups in total. The van der Waals surface area contributed by atoms with E-state index in [1.54, 1.807) is 0 Å². The Kier molecular flexibility index (Phi) is 3.01. The molecule has 0 aromatic rings. The van der Waals surface area contributed by atoms with Crippen molar-refractivity contribution in [3.63, 3.8) is 0 Å². The molecule has 0 aliphatic heterocycles. The van der Waals surface area contributed by atoms with Crippen LogP contribution in [0.4, 0.5) is 0 Å². The molecule has 1 aliphatic rings. The molecule has 0 radical (unpaired) electrons. The normalized spacial score (nSPS) is 51.5. The molecule has 88 valence electrons. The molecule has 0 aromatic heterocycles. The Morgan fingerprint density at radius 1 is 1.13 bits per heavy atom. The summed E-state index contributed by atoms with van der Waals surface area (Å²) < 4.78 is 0. The SMILES string of the molecule is N[C@H]1[C@@H](O)[C@@H](O)[C@@H](O)[C@@](O)(C(=O)[O-])[C@@H]1O. The van der Waals surface area contributed by atoms with Gasteiger partial charge in [-0.15, -0.1) is 0 Å². The quantitative estimate of drug-likeness (QED) is 0.255. The third-order valence-electron chi connectivity index (χ3n) is 2.66. The van der Waals surface area contributed by atoms with Crippen molar-refractivity contribution in [2.45, 2.75) is 36.1 Å². The van der Waals surface area contributed by atoms with E-state index in [0.717, 1.165) is 0 Å². The summed E-state index contributed by atoms with van der Waals surface area (Å²) in [6.07, 6.45) is -8.15. The number of aliphatic carboxylic acids is 1. The predicted octanol–water partition coefficient (Wildman–Crippen LogP) is -5.75. The first-order valence-corrected chi connectivity index (χ1v) is 4.16. The summed E-state index contributed by atoms with van der Waals surface area (Å²) >= 11 is 0. The maximum absolute atomic E-state index is 10.6. The highest BCUT2D eigenvalue weighted by Gasteiger charge is 2.57. The van der Waals surface area contributed by atoms with E-state index in [-0.39, 0.29) is 0 Å². The van der Waals surface area contributed by atoms with Gasteiger partial charge in [0.15, 0.2) is 5.60 Å². The zero-order chi connectivity index (χ0) is 12.0. The minimum Gasteiger partial charge on any atom is -0.547 e. The van der Waals surface area contributed by atoms with Gasteiger partial charge in [-0.05, 0) is 0 Å². The van der Waals surface area contributed by atoms with Crippen molar-refractivity contribution in [3.05, 3.63) is 0 Å². The van der Waals surface area contributed by atoms with Gasteiger partial charge in [-0.25, -0.2) is 0 Å². The first kappa shape index (κ1) is 12.3. The second kappa shape index (κ2) is 3.67. The van der Waals surface area contributed by atoms with Crippen LogP contribution < -0.4 is 10.8 Å². The van der Waals surface area contributed by atoms with E-state index < -0.39 is 42.0 Å². The average Bonchev–Trinajstić information content (AvgIpc) is 2.20. The smallest absolute Gasteiger partial charge is 0.159 e. The first-order valence-electron chi connectivity index (χ1n) is 4.16. The standard InChI is InChI=1S/C7H13NO7/c8-1-2(9)3(10)5(12)7(15,4(1)11)6(13)14/h1-5,9-12,15H,8H2,(H,13,14)/p-1/t1-,2+,3+,4+,5+,7+/m0/s1. The van der Waals surface area contributed by atoms with E-state index in [0.29, 0.717) is 0 Å². The molecule has 1 fully saturated rings. The van der Waals surface area contributed by atoms with Gasteiger partial charge in [0, 0.05) is 0 Å². The van der Waals surface area contributed by atoms with Crippen molar-refractivity contribution in [1.29, 1.82) is 0 Å². The van der Waals surface area contributed by atoms with Gasteiger partial charge in [0.1, 0.15) is 24.4 Å². The Morgan fingerprint density at radius 3 is 2.00 bits per heavy atom. The number of nitrogens with two attached hydrogens (primary N) is 1. The molecule has 8 heteroatoms. The van der Waals surface area contributed by atoms with Crippen molar-refractivity contribution in [2.24, 2.45) is 5.73 Å². The predicted molar refractivity (Wildman–Crippen MR) is 42.0 cm³/mol. The van der Waals surface area contributed by atoms with Gasteiger partial charge in [0.2, 0.25) is 0 Å². The Hall–Kier alpha value is -0.770. The van der Waals surface area contributed by atoms with Gasteiger partial charge in [0.25, 0.3) is 0 Å². The lowest BCUT2D eigenvalue weighted by Crippen LogP contribution is -2.77. The molecule has 0 saturated heterocycles. The van der Waals surface area contributed by atoms with Crippen molar-refractivity contribution in [1.82, 2.24) is 0 Å². The summed E-state index contributed by atoms with van der Waals surface area (Å²) in [6, 6.07) is -1.61. The van der Waals surface area contributed by atoms with Crippen molar-refractivity contribution >= 4 is 5.97 Å². The van der Waals surface area contributed by atoms with Crippen LogP contribution in [0.3, 0.4) is 0 Å². The summed E-state index contributed by atoms with van der Waals surface area (Å²) in [4.78, 5) is 10.6. The van der Waals surface area contributed by atoms with Gasteiger partial charge in [-0.2, -0.15) is 0 Å². The van der Waals surface area contributed by atoms with Crippen molar-refractivity contribution in [2.75, 3.05) is 0 Å². The van der Waals surface area contributed by atoms with Gasteiger partial charge in [-0.1, -0.05) is 0 Å². The lowest BCUT2D eigenvalue weighted by molar-refractivity contribution is -0.347. The van der Waals surface area contributed by atoms with Gasteiger partial charge >= 0.3 is 0 Å². The molecule has 0 unspecified atom stereocenters. The van der Waals surface area contributed by atoms with Crippen LogP contribution in [-0.2, 0) is 4.79 Å². The third kappa shape index (κ3) is 1.51. The largest absolute Gasteiger partial charge is 0.547 e. The average molecular weight is 222 g/mol. The molecule has 0 aromatic carbocycles. The number of hydrogen-bond acceptors (Lipinski definition) is 8. The molecular weight excluding hydrogens is 210 g/mol. The Balaban J connectivity index is 3.12. The molecule has 0 amide bonds. The topological polar surface area (TPSA) is 167 Å². The van der Waals surface area contributed by atoms with E-state index in [9.17, 15) is 35.4 Å². The van der Waals surface area contributed by atoms with E-state index in [1.165, 1.54) is 0 Å². The first-order chi connectivity index (χ1) is 6.74. The van der Waals surface area contributed by atoms with E-state index in [2.05, 4.69) is 0 Å². The Labute approximate surface area is 84.2 Å². The van der Waals surface area contributed by atoms with Gasteiger partial charge in [0.05, 0.1) is 12.0 Å². The monoisotopic (exact) mass is 222 g/mol. The van der Waals surface area contributed by atoms with Crippen LogP contribution in [0.15, 0.2) is 0 Å². The summed E-state index contributed by atoms with van der Waals surface area (Å²) in [5, 5.41) is 56.9. The fourth-order valence-electron chi connectivity index (χ4n) is 1.57. The minimum atomic E-state index is -3.10. The van der Waals surface area contributed by atoms with E-state index in [4.69, 9.17) is 5.73 Å². The molecule has 1 saturated carbocycles. The third-order valence-corrected chi connectivity index (χ3v) is 2.66. The van der Waals surface area contributed by atoms with Crippen LogP contribution in [0.1, 0.15) is 0 Å².